The number of amides is 3. The van der Waals surface area contributed by atoms with Gasteiger partial charge < -0.3 is 25.0 Å². The number of hydrogen-bond acceptors (Lipinski definition) is 4. The number of likely N-dealkylation sites (tertiary alicyclic amines) is 1. The van der Waals surface area contributed by atoms with E-state index in [2.05, 4.69) is 10.6 Å². The number of carbonyl (C=O) groups is 2. The minimum atomic E-state index is -0.206. The molecule has 1 unspecified atom stereocenters. The average molecular weight is 426 g/mol. The van der Waals surface area contributed by atoms with Crippen LogP contribution in [0.5, 0.6) is 11.5 Å². The monoisotopic (exact) mass is 425 g/mol. The second kappa shape index (κ2) is 10.2. The summed E-state index contributed by atoms with van der Waals surface area (Å²) in [5.74, 6) is 1.20. The van der Waals surface area contributed by atoms with Crippen molar-refractivity contribution in [3.63, 3.8) is 0 Å². The first-order valence-electron chi connectivity index (χ1n) is 10.6. The van der Waals surface area contributed by atoms with Gasteiger partial charge in [-0.3, -0.25) is 4.79 Å². The van der Waals surface area contributed by atoms with Crippen LogP contribution in [-0.4, -0.2) is 50.2 Å². The Morgan fingerprint density at radius 1 is 1.06 bits per heavy atom. The summed E-state index contributed by atoms with van der Waals surface area (Å²) in [5.41, 5.74) is 2.24. The lowest BCUT2D eigenvalue weighted by Gasteiger charge is -2.33. The van der Waals surface area contributed by atoms with E-state index in [-0.39, 0.29) is 23.9 Å². The lowest BCUT2D eigenvalue weighted by molar-refractivity contribution is 0.102. The molecule has 3 rings (SSSR count). The standard InChI is InChI=1S/C24H31N3O4/c1-16(2)25-24(29)27-10-6-9-19(15-27)17-7-5-8-18(11-17)23(28)26-20-12-21(30-3)14-22(13-20)31-4/h5,7-8,11-14,16,19H,6,9-10,15H2,1-4H3,(H,25,29)(H,26,28). The molecular weight excluding hydrogens is 394 g/mol. The summed E-state index contributed by atoms with van der Waals surface area (Å²) in [6, 6.07) is 13.0. The average Bonchev–Trinajstić information content (AvgIpc) is 2.78. The summed E-state index contributed by atoms with van der Waals surface area (Å²) in [7, 11) is 3.14. The van der Waals surface area contributed by atoms with Crippen LogP contribution in [0.2, 0.25) is 0 Å². The first kappa shape index (κ1) is 22.5. The van der Waals surface area contributed by atoms with Crippen molar-refractivity contribution in [1.82, 2.24) is 10.2 Å². The van der Waals surface area contributed by atoms with Crippen LogP contribution in [0.3, 0.4) is 0 Å². The molecule has 0 bridgehead atoms. The molecule has 2 N–H and O–H groups in total. The van der Waals surface area contributed by atoms with Gasteiger partial charge in [0.05, 0.1) is 14.2 Å². The van der Waals surface area contributed by atoms with E-state index in [1.54, 1.807) is 38.5 Å². The Morgan fingerprint density at radius 2 is 1.77 bits per heavy atom. The molecule has 2 aromatic carbocycles. The van der Waals surface area contributed by atoms with E-state index in [0.29, 0.717) is 29.3 Å². The number of anilines is 1. The second-order valence-electron chi connectivity index (χ2n) is 8.07. The Bertz CT molecular complexity index is 907. The molecule has 1 aliphatic heterocycles. The summed E-state index contributed by atoms with van der Waals surface area (Å²) >= 11 is 0. The number of nitrogens with zero attached hydrogens (tertiary/aromatic N) is 1. The lowest BCUT2D eigenvalue weighted by atomic mass is 9.89. The van der Waals surface area contributed by atoms with E-state index in [0.717, 1.165) is 24.9 Å². The zero-order valence-electron chi connectivity index (χ0n) is 18.6. The summed E-state index contributed by atoms with van der Waals surface area (Å²) < 4.78 is 10.5. The van der Waals surface area contributed by atoms with Crippen molar-refractivity contribution in [1.29, 1.82) is 0 Å². The van der Waals surface area contributed by atoms with Crippen LogP contribution in [-0.2, 0) is 0 Å². The maximum absolute atomic E-state index is 12.9. The van der Waals surface area contributed by atoms with Gasteiger partial charge in [-0.05, 0) is 44.4 Å². The molecule has 0 spiro atoms. The largest absolute Gasteiger partial charge is 0.497 e. The number of ether oxygens (including phenoxy) is 2. The fourth-order valence-corrected chi connectivity index (χ4v) is 3.79. The molecule has 1 heterocycles. The Balaban J connectivity index is 1.72. The van der Waals surface area contributed by atoms with Crippen LogP contribution in [0.25, 0.3) is 0 Å². The molecule has 7 heteroatoms. The highest BCUT2D eigenvalue weighted by Crippen LogP contribution is 2.29. The van der Waals surface area contributed by atoms with Gasteiger partial charge in [0, 0.05) is 54.5 Å². The molecule has 2 aromatic rings. The SMILES string of the molecule is COc1cc(NC(=O)c2cccc(C3CCCN(C(=O)NC(C)C)C3)c2)cc(OC)c1. The van der Waals surface area contributed by atoms with Crippen molar-refractivity contribution < 1.29 is 19.1 Å². The van der Waals surface area contributed by atoms with Crippen LogP contribution in [0, 0.1) is 0 Å². The molecule has 166 valence electrons. The molecule has 1 fully saturated rings. The predicted molar refractivity (Wildman–Crippen MR) is 121 cm³/mol. The van der Waals surface area contributed by atoms with Gasteiger partial charge in [0.25, 0.3) is 5.91 Å². The number of nitrogens with one attached hydrogen (secondary N) is 2. The van der Waals surface area contributed by atoms with Crippen molar-refractivity contribution in [2.24, 2.45) is 0 Å². The predicted octanol–water partition coefficient (Wildman–Crippen LogP) is 4.25. The number of methoxy groups -OCH3 is 2. The van der Waals surface area contributed by atoms with Crippen LogP contribution in [0.15, 0.2) is 42.5 Å². The molecule has 0 aliphatic carbocycles. The van der Waals surface area contributed by atoms with E-state index in [1.807, 2.05) is 36.9 Å². The molecule has 3 amide bonds. The highest BCUT2D eigenvalue weighted by Gasteiger charge is 2.25. The minimum absolute atomic E-state index is 0.0273. The van der Waals surface area contributed by atoms with Gasteiger partial charge in [-0.2, -0.15) is 0 Å². The maximum atomic E-state index is 12.9. The third kappa shape index (κ3) is 5.90. The Labute approximate surface area is 183 Å². The zero-order valence-corrected chi connectivity index (χ0v) is 18.6. The van der Waals surface area contributed by atoms with Gasteiger partial charge in [-0.25, -0.2) is 4.79 Å². The minimum Gasteiger partial charge on any atom is -0.497 e. The number of carbonyl (C=O) groups excluding carboxylic acids is 2. The summed E-state index contributed by atoms with van der Waals surface area (Å²) in [6.45, 7) is 5.32. The number of benzene rings is 2. The quantitative estimate of drug-likeness (QED) is 0.725. The van der Waals surface area contributed by atoms with Crippen molar-refractivity contribution in [3.05, 3.63) is 53.6 Å². The van der Waals surface area contributed by atoms with Crippen LogP contribution in [0.1, 0.15) is 48.5 Å². The van der Waals surface area contributed by atoms with Crippen LogP contribution >= 0.6 is 0 Å². The van der Waals surface area contributed by atoms with Crippen LogP contribution < -0.4 is 20.1 Å². The maximum Gasteiger partial charge on any atom is 0.317 e. The topological polar surface area (TPSA) is 79.9 Å². The number of piperidine rings is 1. The fourth-order valence-electron chi connectivity index (χ4n) is 3.79. The molecule has 31 heavy (non-hydrogen) atoms. The summed E-state index contributed by atoms with van der Waals surface area (Å²) in [5, 5.41) is 5.88. The van der Waals surface area contributed by atoms with Gasteiger partial charge in [0.2, 0.25) is 0 Å². The van der Waals surface area contributed by atoms with E-state index in [9.17, 15) is 9.59 Å². The molecule has 1 saturated heterocycles. The fraction of sp³-hybridized carbons (Fsp3) is 0.417. The molecule has 0 saturated carbocycles. The van der Waals surface area contributed by atoms with Gasteiger partial charge in [-0.15, -0.1) is 0 Å². The number of hydrogen-bond donors (Lipinski definition) is 2. The molecular formula is C24H31N3O4. The lowest BCUT2D eigenvalue weighted by Crippen LogP contribution is -2.47. The Hall–Kier alpha value is -3.22. The first-order chi connectivity index (χ1) is 14.9. The van der Waals surface area contributed by atoms with E-state index < -0.39 is 0 Å². The Kier molecular flexibility index (Phi) is 7.39. The Morgan fingerprint density at radius 3 is 2.42 bits per heavy atom. The van der Waals surface area contributed by atoms with Crippen molar-refractivity contribution >= 4 is 17.6 Å². The normalized spacial score (nSPS) is 16.0. The highest BCUT2D eigenvalue weighted by molar-refractivity contribution is 6.04. The molecule has 0 aromatic heterocycles. The van der Waals surface area contributed by atoms with E-state index in [4.69, 9.17) is 9.47 Å². The van der Waals surface area contributed by atoms with Crippen molar-refractivity contribution in [3.8, 4) is 11.5 Å². The number of rotatable bonds is 6. The summed E-state index contributed by atoms with van der Waals surface area (Å²) in [6.07, 6.45) is 1.93. The van der Waals surface area contributed by atoms with Gasteiger partial charge >= 0.3 is 6.03 Å². The van der Waals surface area contributed by atoms with Crippen molar-refractivity contribution in [2.75, 3.05) is 32.6 Å². The second-order valence-corrected chi connectivity index (χ2v) is 8.07. The third-order valence-electron chi connectivity index (χ3n) is 5.35. The van der Waals surface area contributed by atoms with Crippen molar-refractivity contribution in [2.45, 2.75) is 38.6 Å². The van der Waals surface area contributed by atoms with Gasteiger partial charge in [0.1, 0.15) is 11.5 Å². The molecule has 1 aliphatic rings. The van der Waals surface area contributed by atoms with E-state index in [1.165, 1.54) is 0 Å². The highest BCUT2D eigenvalue weighted by atomic mass is 16.5. The first-order valence-corrected chi connectivity index (χ1v) is 10.6. The van der Waals surface area contributed by atoms with Gasteiger partial charge in [0.15, 0.2) is 0 Å². The molecule has 0 radical (unpaired) electrons. The molecule has 7 nitrogen and oxygen atoms in total. The summed E-state index contributed by atoms with van der Waals surface area (Å²) in [4.78, 5) is 27.1. The molecule has 1 atom stereocenters. The van der Waals surface area contributed by atoms with E-state index >= 15 is 0 Å². The van der Waals surface area contributed by atoms with Gasteiger partial charge in [-0.1, -0.05) is 12.1 Å². The zero-order chi connectivity index (χ0) is 22.4. The third-order valence-corrected chi connectivity index (χ3v) is 5.35. The smallest absolute Gasteiger partial charge is 0.317 e. The van der Waals surface area contributed by atoms with Crippen LogP contribution in [0.4, 0.5) is 10.5 Å². The number of urea groups is 1.